The van der Waals surface area contributed by atoms with Crippen molar-refractivity contribution >= 4 is 16.8 Å². The van der Waals surface area contributed by atoms with Gasteiger partial charge in [0.05, 0.1) is 31.5 Å². The van der Waals surface area contributed by atoms with E-state index in [0.717, 1.165) is 22.9 Å². The molecule has 0 radical (unpaired) electrons. The Balaban J connectivity index is 1.64. The minimum absolute atomic E-state index is 0.0599. The number of aromatic amines is 1. The molecule has 7 heteroatoms. The molecule has 0 unspecified atom stereocenters. The van der Waals surface area contributed by atoms with Crippen molar-refractivity contribution in [3.05, 3.63) is 35.0 Å². The van der Waals surface area contributed by atoms with Gasteiger partial charge >= 0.3 is 0 Å². The quantitative estimate of drug-likeness (QED) is 0.722. The maximum Gasteiger partial charge on any atom is 0.270 e. The molecule has 29 heavy (non-hydrogen) atoms. The first-order valence-electron chi connectivity index (χ1n) is 10.6. The van der Waals surface area contributed by atoms with E-state index in [4.69, 9.17) is 4.74 Å². The Kier molecular flexibility index (Phi) is 5.92. The lowest BCUT2D eigenvalue weighted by atomic mass is 10.0. The van der Waals surface area contributed by atoms with Gasteiger partial charge in [-0.3, -0.25) is 9.69 Å². The van der Waals surface area contributed by atoms with Gasteiger partial charge in [0, 0.05) is 37.1 Å². The van der Waals surface area contributed by atoms with E-state index in [0.29, 0.717) is 51.5 Å². The number of nitrogens with zero attached hydrogens (tertiary/aromatic N) is 2. The number of benzene rings is 1. The van der Waals surface area contributed by atoms with Crippen LogP contribution in [-0.4, -0.2) is 88.5 Å². The summed E-state index contributed by atoms with van der Waals surface area (Å²) in [7, 11) is 0. The summed E-state index contributed by atoms with van der Waals surface area (Å²) in [4.78, 5) is 20.8. The van der Waals surface area contributed by atoms with Crippen molar-refractivity contribution in [1.82, 2.24) is 14.8 Å². The van der Waals surface area contributed by atoms with Crippen molar-refractivity contribution in [2.24, 2.45) is 0 Å². The summed E-state index contributed by atoms with van der Waals surface area (Å²) in [5.74, 6) is -0.0599. The third kappa shape index (κ3) is 3.92. The van der Waals surface area contributed by atoms with Crippen LogP contribution in [0.25, 0.3) is 10.9 Å². The van der Waals surface area contributed by atoms with Crippen LogP contribution in [0.2, 0.25) is 0 Å². The molecule has 7 nitrogen and oxygen atoms in total. The Morgan fingerprint density at radius 3 is 2.72 bits per heavy atom. The van der Waals surface area contributed by atoms with Gasteiger partial charge in [-0.25, -0.2) is 0 Å². The highest BCUT2D eigenvalue weighted by Crippen LogP contribution is 2.27. The zero-order valence-corrected chi connectivity index (χ0v) is 17.2. The summed E-state index contributed by atoms with van der Waals surface area (Å²) in [5, 5.41) is 22.2. The van der Waals surface area contributed by atoms with Gasteiger partial charge in [-0.05, 0) is 37.5 Å². The molecule has 0 bridgehead atoms. The molecule has 0 spiro atoms. The first-order chi connectivity index (χ1) is 14.0. The van der Waals surface area contributed by atoms with Gasteiger partial charge < -0.3 is 24.8 Å². The molecule has 2 saturated heterocycles. The third-order valence-electron chi connectivity index (χ3n) is 6.32. The zero-order valence-electron chi connectivity index (χ0n) is 17.2. The number of carbonyl (C=O) groups excluding carboxylic acids is 1. The third-order valence-corrected chi connectivity index (χ3v) is 6.32. The number of nitrogens with one attached hydrogen (secondary N) is 1. The van der Waals surface area contributed by atoms with Gasteiger partial charge in [-0.1, -0.05) is 18.6 Å². The van der Waals surface area contributed by atoms with Crippen molar-refractivity contribution in [2.45, 2.75) is 44.9 Å². The molecule has 2 aliphatic rings. The maximum atomic E-state index is 13.5. The predicted octanol–water partition coefficient (Wildman–Crippen LogP) is 1.31. The highest BCUT2D eigenvalue weighted by atomic mass is 16.5. The number of fused-ring (bicyclic) bond motifs is 1. The van der Waals surface area contributed by atoms with E-state index < -0.39 is 12.2 Å². The maximum absolute atomic E-state index is 13.5. The molecule has 0 aliphatic carbocycles. The highest BCUT2D eigenvalue weighted by Gasteiger charge is 2.38. The van der Waals surface area contributed by atoms with Crippen molar-refractivity contribution in [3.8, 4) is 0 Å². The SMILES string of the molecule is CCc1c(C(=O)N2CC[C@@H](O)[C@@H](O)[C@H](N3CCOCC3)C2)[nH]c2ccc(C)cc12. The van der Waals surface area contributed by atoms with Crippen molar-refractivity contribution in [2.75, 3.05) is 39.4 Å². The minimum Gasteiger partial charge on any atom is -0.390 e. The first-order valence-corrected chi connectivity index (χ1v) is 10.6. The number of aryl methyl sites for hydroxylation is 2. The van der Waals surface area contributed by atoms with Crippen molar-refractivity contribution in [1.29, 1.82) is 0 Å². The Morgan fingerprint density at radius 1 is 1.24 bits per heavy atom. The van der Waals surface area contributed by atoms with Gasteiger partial charge in [-0.2, -0.15) is 0 Å². The summed E-state index contributed by atoms with van der Waals surface area (Å²) >= 11 is 0. The number of hydrogen-bond donors (Lipinski definition) is 3. The lowest BCUT2D eigenvalue weighted by Gasteiger charge is -2.38. The molecule has 158 valence electrons. The number of aliphatic hydroxyl groups is 2. The van der Waals surface area contributed by atoms with Gasteiger partial charge in [0.2, 0.25) is 0 Å². The monoisotopic (exact) mass is 401 g/mol. The fourth-order valence-corrected chi connectivity index (χ4v) is 4.63. The van der Waals surface area contributed by atoms with Crippen LogP contribution in [0.5, 0.6) is 0 Å². The van der Waals surface area contributed by atoms with Crippen molar-refractivity contribution in [3.63, 3.8) is 0 Å². The number of likely N-dealkylation sites (tertiary alicyclic amines) is 1. The molecule has 1 amide bonds. The summed E-state index contributed by atoms with van der Waals surface area (Å²) < 4.78 is 5.43. The Labute approximate surface area is 171 Å². The number of amides is 1. The number of morpholine rings is 1. The van der Waals surface area contributed by atoms with Crippen LogP contribution >= 0.6 is 0 Å². The Hall–Kier alpha value is -1.93. The van der Waals surface area contributed by atoms with Crippen LogP contribution in [0.4, 0.5) is 0 Å². The zero-order chi connectivity index (χ0) is 20.5. The average Bonchev–Trinajstić information content (AvgIpc) is 3.03. The fraction of sp³-hybridized carbons (Fsp3) is 0.591. The molecule has 1 aromatic carbocycles. The van der Waals surface area contributed by atoms with E-state index >= 15 is 0 Å². The molecule has 2 aliphatic heterocycles. The molecule has 3 heterocycles. The molecule has 0 saturated carbocycles. The van der Waals surface area contributed by atoms with E-state index in [1.54, 1.807) is 4.90 Å². The highest BCUT2D eigenvalue weighted by molar-refractivity contribution is 6.01. The molecule has 2 fully saturated rings. The molecule has 4 rings (SSSR count). The first kappa shape index (κ1) is 20.3. The topological polar surface area (TPSA) is 89.0 Å². The van der Waals surface area contributed by atoms with E-state index in [1.807, 2.05) is 12.1 Å². The van der Waals surface area contributed by atoms with Gasteiger partial charge in [0.15, 0.2) is 0 Å². The second kappa shape index (κ2) is 8.44. The number of hydrogen-bond acceptors (Lipinski definition) is 5. The predicted molar refractivity (Wildman–Crippen MR) is 111 cm³/mol. The average molecular weight is 402 g/mol. The fourth-order valence-electron chi connectivity index (χ4n) is 4.63. The molecule has 2 aromatic rings. The lowest BCUT2D eigenvalue weighted by molar-refractivity contribution is -0.0609. The summed E-state index contributed by atoms with van der Waals surface area (Å²) in [6, 6.07) is 5.89. The normalized spacial score (nSPS) is 26.6. The van der Waals surface area contributed by atoms with Crippen LogP contribution in [-0.2, 0) is 11.2 Å². The van der Waals surface area contributed by atoms with E-state index in [1.165, 1.54) is 5.56 Å². The number of carbonyl (C=O) groups is 1. The molecular weight excluding hydrogens is 370 g/mol. The number of aromatic nitrogens is 1. The molecule has 3 N–H and O–H groups in total. The van der Waals surface area contributed by atoms with E-state index in [2.05, 4.69) is 29.8 Å². The summed E-state index contributed by atoms with van der Waals surface area (Å²) in [5.41, 5.74) is 3.79. The van der Waals surface area contributed by atoms with Crippen LogP contribution in [0, 0.1) is 6.92 Å². The molecule has 3 atom stereocenters. The van der Waals surface area contributed by atoms with Gasteiger partial charge in [0.25, 0.3) is 5.91 Å². The largest absolute Gasteiger partial charge is 0.390 e. The standard InChI is InChI=1S/C22H31N3O4/c1-3-15-16-12-14(2)4-5-17(16)23-20(15)22(28)25-7-6-19(26)21(27)18(13-25)24-8-10-29-11-9-24/h4-5,12,18-19,21,23,26-27H,3,6-11,13H2,1-2H3/t18-,19-,21+/m1/s1. The van der Waals surface area contributed by atoms with Crippen LogP contribution in [0.1, 0.15) is 35.0 Å². The van der Waals surface area contributed by atoms with Gasteiger partial charge in [0.1, 0.15) is 5.69 Å². The molecule has 1 aromatic heterocycles. The Bertz CT molecular complexity index is 874. The number of rotatable bonds is 3. The second-order valence-corrected chi connectivity index (χ2v) is 8.19. The van der Waals surface area contributed by atoms with E-state index in [-0.39, 0.29) is 11.9 Å². The summed E-state index contributed by atoms with van der Waals surface area (Å²) in [6.45, 7) is 7.55. The number of aliphatic hydroxyl groups excluding tert-OH is 2. The number of ether oxygens (including phenoxy) is 1. The number of H-pyrrole nitrogens is 1. The van der Waals surface area contributed by atoms with Gasteiger partial charge in [-0.15, -0.1) is 0 Å². The van der Waals surface area contributed by atoms with E-state index in [9.17, 15) is 15.0 Å². The van der Waals surface area contributed by atoms with Crippen LogP contribution in [0.15, 0.2) is 18.2 Å². The van der Waals surface area contributed by atoms with Crippen LogP contribution in [0.3, 0.4) is 0 Å². The second-order valence-electron chi connectivity index (χ2n) is 8.19. The minimum atomic E-state index is -0.873. The van der Waals surface area contributed by atoms with Crippen molar-refractivity contribution < 1.29 is 19.7 Å². The lowest BCUT2D eigenvalue weighted by Crippen LogP contribution is -2.55. The smallest absolute Gasteiger partial charge is 0.270 e. The molecular formula is C22H31N3O4. The Morgan fingerprint density at radius 2 is 2.00 bits per heavy atom. The summed E-state index contributed by atoms with van der Waals surface area (Å²) in [6.07, 6.45) is -0.580. The van der Waals surface area contributed by atoms with Crippen LogP contribution < -0.4 is 0 Å².